The Kier molecular flexibility index (Phi) is 4.63. The third-order valence-electron chi connectivity index (χ3n) is 1.89. The monoisotopic (exact) mass is 206 g/mol. The molecule has 0 aliphatic heterocycles. The molecule has 0 rings (SSSR count). The Bertz CT molecular complexity index is 272. The first kappa shape index (κ1) is 6.14. The molecular weight excluding hydrogens is 176 g/mol. The molecule has 0 aromatic carbocycles. The summed E-state index contributed by atoms with van der Waals surface area (Å²) in [6.07, 6.45) is 3.56. The average molecular weight is 206 g/mol. The maximum atomic E-state index is 11.3. The summed E-state index contributed by atoms with van der Waals surface area (Å²) < 4.78 is 47.1. The molecule has 0 aromatic heterocycles. The molecule has 0 bridgehead atoms. The van der Waals surface area contributed by atoms with Gasteiger partial charge in [-0.05, 0) is 12.8 Å². The van der Waals surface area contributed by atoms with Gasteiger partial charge in [-0.3, -0.25) is 4.79 Å². The molecule has 0 fully saturated rings. The Hall–Kier alpha value is -0.530. The molecule has 14 heavy (non-hydrogen) atoms. The second-order valence-corrected chi connectivity index (χ2v) is 3.24. The highest BCUT2D eigenvalue weighted by Crippen LogP contribution is 2.02. The Morgan fingerprint density at radius 1 is 1.07 bits per heavy atom. The van der Waals surface area contributed by atoms with Crippen molar-refractivity contribution < 1.29 is 17.8 Å². The summed E-state index contributed by atoms with van der Waals surface area (Å²) in [5.41, 5.74) is 0. The summed E-state index contributed by atoms with van der Waals surface area (Å²) in [5.74, 6) is -0.314. The lowest BCUT2D eigenvalue weighted by molar-refractivity contribution is -0.143. The van der Waals surface area contributed by atoms with E-state index in [2.05, 4.69) is 0 Å². The van der Waals surface area contributed by atoms with Gasteiger partial charge < -0.3 is 4.74 Å². The summed E-state index contributed by atoms with van der Waals surface area (Å²) in [5, 5.41) is 0. The van der Waals surface area contributed by atoms with Gasteiger partial charge in [0.15, 0.2) is 0 Å². The zero-order valence-corrected chi connectivity index (χ0v) is 8.68. The number of ether oxygens (including phenoxy) is 1. The SMILES string of the molecule is [2H]C([2H])([2H])CCCCCOC(=O)CCCCC([2H])([2H])[2H]. The second kappa shape index (κ2) is 10.6. The minimum atomic E-state index is -1.92. The van der Waals surface area contributed by atoms with Gasteiger partial charge in [0.25, 0.3) is 0 Å². The van der Waals surface area contributed by atoms with Crippen molar-refractivity contribution in [3.05, 3.63) is 0 Å². The molecule has 0 heterocycles. The number of esters is 1. The summed E-state index contributed by atoms with van der Waals surface area (Å²) in [7, 11) is 0. The summed E-state index contributed by atoms with van der Waals surface area (Å²) in [6, 6.07) is 0. The fraction of sp³-hybridized carbons (Fsp3) is 0.917. The van der Waals surface area contributed by atoms with Crippen LogP contribution >= 0.6 is 0 Å². The van der Waals surface area contributed by atoms with E-state index in [0.717, 1.165) is 6.42 Å². The van der Waals surface area contributed by atoms with Crippen LogP contribution in [0.15, 0.2) is 0 Å². The van der Waals surface area contributed by atoms with Crippen LogP contribution in [0.4, 0.5) is 0 Å². The van der Waals surface area contributed by atoms with E-state index < -0.39 is 13.7 Å². The van der Waals surface area contributed by atoms with Crippen LogP contribution in [0.2, 0.25) is 0 Å². The van der Waals surface area contributed by atoms with Crippen molar-refractivity contribution in [2.24, 2.45) is 0 Å². The fourth-order valence-electron chi connectivity index (χ4n) is 1.06. The standard InChI is InChI=1S/C12H24O2/c1-3-5-7-9-11-14-12(13)10-8-6-4-2/h3-11H2,1-2H3/i1D3,2D3. The van der Waals surface area contributed by atoms with Gasteiger partial charge in [0.1, 0.15) is 0 Å². The van der Waals surface area contributed by atoms with Crippen LogP contribution in [0, 0.1) is 0 Å². The Labute approximate surface area is 96.5 Å². The third kappa shape index (κ3) is 9.56. The first-order chi connectivity index (χ1) is 9.10. The number of rotatable bonds is 9. The van der Waals surface area contributed by atoms with Crippen LogP contribution in [-0.4, -0.2) is 12.6 Å². The molecule has 0 aromatic rings. The zero-order valence-electron chi connectivity index (χ0n) is 14.7. The Balaban J connectivity index is 3.37. The van der Waals surface area contributed by atoms with Crippen LogP contribution in [-0.2, 0) is 9.53 Å². The van der Waals surface area contributed by atoms with Crippen LogP contribution in [0.1, 0.15) is 73.3 Å². The van der Waals surface area contributed by atoms with Gasteiger partial charge in [-0.2, -0.15) is 0 Å². The number of hydrogen-bond acceptors (Lipinski definition) is 2. The van der Waals surface area contributed by atoms with Crippen LogP contribution in [0.25, 0.3) is 0 Å². The Morgan fingerprint density at radius 3 is 2.50 bits per heavy atom. The van der Waals surface area contributed by atoms with Crippen molar-refractivity contribution in [2.75, 3.05) is 6.61 Å². The van der Waals surface area contributed by atoms with Crippen LogP contribution in [0.3, 0.4) is 0 Å². The van der Waals surface area contributed by atoms with Gasteiger partial charge in [-0.25, -0.2) is 0 Å². The van der Waals surface area contributed by atoms with Gasteiger partial charge in [0.2, 0.25) is 0 Å². The van der Waals surface area contributed by atoms with E-state index >= 15 is 0 Å². The number of hydrogen-bond donors (Lipinski definition) is 0. The normalized spacial score (nSPS) is 18.3. The van der Waals surface area contributed by atoms with Crippen molar-refractivity contribution in [3.63, 3.8) is 0 Å². The zero-order chi connectivity index (χ0) is 15.6. The van der Waals surface area contributed by atoms with E-state index in [1.807, 2.05) is 0 Å². The summed E-state index contributed by atoms with van der Waals surface area (Å²) in [6.45, 7) is -3.49. The third-order valence-corrected chi connectivity index (χ3v) is 1.89. The van der Waals surface area contributed by atoms with Crippen LogP contribution < -0.4 is 0 Å². The number of carbonyl (C=O) groups excluding carboxylic acids is 1. The van der Waals surface area contributed by atoms with Crippen LogP contribution in [0.5, 0.6) is 0 Å². The van der Waals surface area contributed by atoms with Gasteiger partial charge in [0.05, 0.1) is 6.61 Å². The highest BCUT2D eigenvalue weighted by atomic mass is 16.5. The van der Waals surface area contributed by atoms with E-state index in [4.69, 9.17) is 13.0 Å². The lowest BCUT2D eigenvalue weighted by atomic mass is 10.2. The summed E-state index contributed by atoms with van der Waals surface area (Å²) >= 11 is 0. The lowest BCUT2D eigenvalue weighted by Crippen LogP contribution is -2.05. The van der Waals surface area contributed by atoms with Gasteiger partial charge in [-0.15, -0.1) is 0 Å². The van der Waals surface area contributed by atoms with E-state index in [0.29, 0.717) is 32.3 Å². The van der Waals surface area contributed by atoms with E-state index in [-0.39, 0.29) is 25.2 Å². The largest absolute Gasteiger partial charge is 0.466 e. The molecule has 0 aliphatic rings. The summed E-state index contributed by atoms with van der Waals surface area (Å²) in [4.78, 5) is 11.3. The molecule has 2 heteroatoms. The molecule has 0 atom stereocenters. The maximum Gasteiger partial charge on any atom is 0.305 e. The first-order valence-electron chi connectivity index (χ1n) is 8.26. The second-order valence-electron chi connectivity index (χ2n) is 3.24. The van der Waals surface area contributed by atoms with Crippen molar-refractivity contribution in [3.8, 4) is 0 Å². The minimum absolute atomic E-state index is 0.120. The molecule has 84 valence electrons. The van der Waals surface area contributed by atoms with Crippen molar-refractivity contribution in [1.82, 2.24) is 0 Å². The molecule has 0 spiro atoms. The molecule has 0 saturated heterocycles. The average Bonchev–Trinajstić information content (AvgIpc) is 2.26. The smallest absolute Gasteiger partial charge is 0.305 e. The molecule has 0 saturated carbocycles. The Morgan fingerprint density at radius 2 is 1.79 bits per heavy atom. The predicted octanol–water partition coefficient (Wildman–Crippen LogP) is 3.69. The van der Waals surface area contributed by atoms with E-state index in [1.54, 1.807) is 0 Å². The van der Waals surface area contributed by atoms with Gasteiger partial charge >= 0.3 is 5.97 Å². The molecular formula is C12H24O2. The molecule has 0 N–H and O–H groups in total. The molecule has 2 nitrogen and oxygen atoms in total. The van der Waals surface area contributed by atoms with Gasteiger partial charge in [-0.1, -0.05) is 45.8 Å². The number of carbonyl (C=O) groups is 1. The van der Waals surface area contributed by atoms with Gasteiger partial charge in [0, 0.05) is 14.6 Å². The molecule has 0 unspecified atom stereocenters. The van der Waals surface area contributed by atoms with Crippen molar-refractivity contribution in [1.29, 1.82) is 0 Å². The van der Waals surface area contributed by atoms with E-state index in [1.165, 1.54) is 0 Å². The topological polar surface area (TPSA) is 26.3 Å². The predicted molar refractivity (Wildman–Crippen MR) is 59.2 cm³/mol. The minimum Gasteiger partial charge on any atom is -0.466 e. The number of unbranched alkanes of at least 4 members (excludes halogenated alkanes) is 3. The first-order valence-corrected chi connectivity index (χ1v) is 5.26. The highest BCUT2D eigenvalue weighted by molar-refractivity contribution is 5.69. The molecule has 0 amide bonds. The molecule has 0 aliphatic carbocycles. The fourth-order valence-corrected chi connectivity index (χ4v) is 1.06. The highest BCUT2D eigenvalue weighted by Gasteiger charge is 2.00. The van der Waals surface area contributed by atoms with Crippen molar-refractivity contribution in [2.45, 2.75) is 65.1 Å². The quantitative estimate of drug-likeness (QED) is 0.425. The molecule has 0 radical (unpaired) electrons. The van der Waals surface area contributed by atoms with Crippen molar-refractivity contribution >= 4 is 5.97 Å². The maximum absolute atomic E-state index is 11.3. The lowest BCUT2D eigenvalue weighted by Gasteiger charge is -2.03. The van der Waals surface area contributed by atoms with E-state index in [9.17, 15) is 4.79 Å².